The molecule has 20 heavy (non-hydrogen) atoms. The van der Waals surface area contributed by atoms with Crippen LogP contribution in [0.15, 0.2) is 30.3 Å². The van der Waals surface area contributed by atoms with Gasteiger partial charge in [-0.05, 0) is 43.7 Å². The van der Waals surface area contributed by atoms with Crippen molar-refractivity contribution in [2.24, 2.45) is 0 Å². The first-order valence-corrected chi connectivity index (χ1v) is 7.09. The van der Waals surface area contributed by atoms with Crippen molar-refractivity contribution in [3.8, 4) is 11.6 Å². The van der Waals surface area contributed by atoms with Gasteiger partial charge >= 0.3 is 0 Å². The third-order valence-corrected chi connectivity index (χ3v) is 3.35. The Morgan fingerprint density at radius 3 is 2.70 bits per heavy atom. The van der Waals surface area contributed by atoms with E-state index >= 15 is 0 Å². The SMILES string of the molecule is CCNCc1ccc(Oc2cc(C)ccc2Cl)nc1C. The maximum Gasteiger partial charge on any atom is 0.219 e. The van der Waals surface area contributed by atoms with Crippen molar-refractivity contribution in [1.29, 1.82) is 0 Å². The van der Waals surface area contributed by atoms with Crippen LogP contribution in [0.25, 0.3) is 0 Å². The molecule has 2 rings (SSSR count). The van der Waals surface area contributed by atoms with Gasteiger partial charge in [0.15, 0.2) is 0 Å². The fourth-order valence-corrected chi connectivity index (χ4v) is 2.03. The van der Waals surface area contributed by atoms with Gasteiger partial charge in [-0.2, -0.15) is 0 Å². The molecule has 1 aromatic heterocycles. The summed E-state index contributed by atoms with van der Waals surface area (Å²) in [5.74, 6) is 1.20. The van der Waals surface area contributed by atoms with Crippen molar-refractivity contribution in [2.45, 2.75) is 27.3 Å². The summed E-state index contributed by atoms with van der Waals surface area (Å²) in [7, 11) is 0. The molecule has 0 bridgehead atoms. The molecule has 0 aliphatic rings. The van der Waals surface area contributed by atoms with Crippen molar-refractivity contribution in [2.75, 3.05) is 6.54 Å². The van der Waals surface area contributed by atoms with E-state index in [2.05, 4.69) is 17.2 Å². The van der Waals surface area contributed by atoms with Crippen LogP contribution in [0.5, 0.6) is 11.6 Å². The Balaban J connectivity index is 2.17. The molecular weight excluding hydrogens is 272 g/mol. The minimum atomic E-state index is 0.565. The first-order valence-electron chi connectivity index (χ1n) is 6.71. The summed E-state index contributed by atoms with van der Waals surface area (Å²) in [4.78, 5) is 4.47. The third-order valence-electron chi connectivity index (χ3n) is 3.04. The fraction of sp³-hybridized carbons (Fsp3) is 0.312. The molecule has 0 unspecified atom stereocenters. The van der Waals surface area contributed by atoms with Crippen LogP contribution in [0.1, 0.15) is 23.7 Å². The first-order chi connectivity index (χ1) is 9.60. The van der Waals surface area contributed by atoms with Gasteiger partial charge in [0, 0.05) is 18.3 Å². The number of aryl methyl sites for hydroxylation is 2. The van der Waals surface area contributed by atoms with Gasteiger partial charge < -0.3 is 10.1 Å². The van der Waals surface area contributed by atoms with Crippen LogP contribution < -0.4 is 10.1 Å². The van der Waals surface area contributed by atoms with E-state index in [9.17, 15) is 0 Å². The standard InChI is InChI=1S/C16H19ClN2O/c1-4-18-10-13-6-8-16(19-12(13)3)20-15-9-11(2)5-7-14(15)17/h5-9,18H,4,10H2,1-3H3. The Hall–Kier alpha value is -1.58. The Labute approximate surface area is 124 Å². The molecule has 106 valence electrons. The fourth-order valence-electron chi connectivity index (χ4n) is 1.87. The normalized spacial score (nSPS) is 10.6. The lowest BCUT2D eigenvalue weighted by atomic mass is 10.2. The molecule has 0 amide bonds. The van der Waals surface area contributed by atoms with Gasteiger partial charge in [-0.3, -0.25) is 0 Å². The number of benzene rings is 1. The quantitative estimate of drug-likeness (QED) is 0.894. The monoisotopic (exact) mass is 290 g/mol. The molecule has 0 fully saturated rings. The van der Waals surface area contributed by atoms with Gasteiger partial charge in [0.05, 0.1) is 5.02 Å². The summed E-state index contributed by atoms with van der Waals surface area (Å²) < 4.78 is 5.77. The highest BCUT2D eigenvalue weighted by Gasteiger charge is 2.06. The number of ether oxygens (including phenoxy) is 1. The highest BCUT2D eigenvalue weighted by Crippen LogP contribution is 2.29. The summed E-state index contributed by atoms with van der Waals surface area (Å²) in [6, 6.07) is 9.60. The molecule has 0 spiro atoms. The lowest BCUT2D eigenvalue weighted by Crippen LogP contribution is -2.13. The Bertz CT molecular complexity index is 599. The van der Waals surface area contributed by atoms with Crippen molar-refractivity contribution in [3.63, 3.8) is 0 Å². The van der Waals surface area contributed by atoms with Crippen molar-refractivity contribution >= 4 is 11.6 Å². The summed E-state index contributed by atoms with van der Waals surface area (Å²) in [5, 5.41) is 3.88. The zero-order chi connectivity index (χ0) is 14.5. The maximum atomic E-state index is 6.12. The second-order valence-electron chi connectivity index (χ2n) is 4.71. The number of hydrogen-bond acceptors (Lipinski definition) is 3. The number of aromatic nitrogens is 1. The topological polar surface area (TPSA) is 34.1 Å². The van der Waals surface area contributed by atoms with Crippen LogP contribution in [-0.2, 0) is 6.54 Å². The molecule has 0 saturated carbocycles. The molecule has 0 atom stereocenters. The smallest absolute Gasteiger partial charge is 0.219 e. The predicted octanol–water partition coefficient (Wildman–Crippen LogP) is 4.25. The summed E-state index contributed by atoms with van der Waals surface area (Å²) in [5.41, 5.74) is 3.24. The lowest BCUT2D eigenvalue weighted by Gasteiger charge is -2.10. The van der Waals surface area contributed by atoms with E-state index in [-0.39, 0.29) is 0 Å². The van der Waals surface area contributed by atoms with Crippen molar-refractivity contribution in [1.82, 2.24) is 10.3 Å². The summed E-state index contributed by atoms with van der Waals surface area (Å²) in [6.07, 6.45) is 0. The van der Waals surface area contributed by atoms with Gasteiger partial charge in [-0.25, -0.2) is 4.98 Å². The van der Waals surface area contributed by atoms with E-state index in [0.717, 1.165) is 24.3 Å². The van der Waals surface area contributed by atoms with Gasteiger partial charge in [-0.15, -0.1) is 0 Å². The zero-order valence-corrected chi connectivity index (χ0v) is 12.8. The molecule has 1 N–H and O–H groups in total. The van der Waals surface area contributed by atoms with Gasteiger partial charge in [-0.1, -0.05) is 30.7 Å². The average Bonchev–Trinajstić information content (AvgIpc) is 2.42. The molecule has 3 nitrogen and oxygen atoms in total. The van der Waals surface area contributed by atoms with Gasteiger partial charge in [0.25, 0.3) is 0 Å². The number of halogens is 1. The van der Waals surface area contributed by atoms with Crippen LogP contribution in [0.3, 0.4) is 0 Å². The number of rotatable bonds is 5. The highest BCUT2D eigenvalue weighted by atomic mass is 35.5. The van der Waals surface area contributed by atoms with Gasteiger partial charge in [0.1, 0.15) is 5.75 Å². The van der Waals surface area contributed by atoms with E-state index in [1.165, 1.54) is 5.56 Å². The minimum Gasteiger partial charge on any atom is -0.437 e. The molecule has 1 aromatic carbocycles. The number of nitrogens with one attached hydrogen (secondary N) is 1. The lowest BCUT2D eigenvalue weighted by molar-refractivity contribution is 0.460. The van der Waals surface area contributed by atoms with Crippen LogP contribution in [0.4, 0.5) is 0 Å². The Kier molecular flexibility index (Phi) is 4.99. The molecule has 0 aliphatic heterocycles. The second kappa shape index (κ2) is 6.73. The average molecular weight is 291 g/mol. The van der Waals surface area contributed by atoms with E-state index in [1.807, 2.05) is 44.2 Å². The molecule has 0 radical (unpaired) electrons. The number of nitrogens with zero attached hydrogens (tertiary/aromatic N) is 1. The van der Waals surface area contributed by atoms with Crippen LogP contribution in [0, 0.1) is 13.8 Å². The molecule has 2 aromatic rings. The van der Waals surface area contributed by atoms with E-state index < -0.39 is 0 Å². The third kappa shape index (κ3) is 3.71. The van der Waals surface area contributed by atoms with Crippen LogP contribution in [-0.4, -0.2) is 11.5 Å². The maximum absolute atomic E-state index is 6.12. The number of pyridine rings is 1. The van der Waals surface area contributed by atoms with Crippen LogP contribution >= 0.6 is 11.6 Å². The largest absolute Gasteiger partial charge is 0.437 e. The van der Waals surface area contributed by atoms with Gasteiger partial charge in [0.2, 0.25) is 5.88 Å². The predicted molar refractivity (Wildman–Crippen MR) is 82.6 cm³/mol. The molecule has 1 heterocycles. The van der Waals surface area contributed by atoms with E-state index in [4.69, 9.17) is 16.3 Å². The van der Waals surface area contributed by atoms with Crippen molar-refractivity contribution in [3.05, 3.63) is 52.2 Å². The first kappa shape index (κ1) is 14.8. The molecule has 4 heteroatoms. The second-order valence-corrected chi connectivity index (χ2v) is 5.12. The molecule has 0 saturated heterocycles. The summed E-state index contributed by atoms with van der Waals surface area (Å²) in [6.45, 7) is 7.83. The van der Waals surface area contributed by atoms with Crippen molar-refractivity contribution < 1.29 is 4.74 Å². The zero-order valence-electron chi connectivity index (χ0n) is 12.0. The van der Waals surface area contributed by atoms with Crippen LogP contribution in [0.2, 0.25) is 5.02 Å². The Morgan fingerprint density at radius 1 is 1.20 bits per heavy atom. The Morgan fingerprint density at radius 2 is 2.00 bits per heavy atom. The van der Waals surface area contributed by atoms with E-state index in [1.54, 1.807) is 0 Å². The highest BCUT2D eigenvalue weighted by molar-refractivity contribution is 6.32. The molecular formula is C16H19ClN2O. The number of hydrogen-bond donors (Lipinski definition) is 1. The van der Waals surface area contributed by atoms with E-state index in [0.29, 0.717) is 16.7 Å². The summed E-state index contributed by atoms with van der Waals surface area (Å²) >= 11 is 6.12. The molecule has 0 aliphatic carbocycles. The minimum absolute atomic E-state index is 0.565.